The van der Waals surface area contributed by atoms with Crippen LogP contribution in [0.25, 0.3) is 27.7 Å². The highest BCUT2D eigenvalue weighted by Crippen LogP contribution is 2.25. The van der Waals surface area contributed by atoms with Crippen LogP contribution in [-0.4, -0.2) is 51.6 Å². The zero-order valence-electron chi connectivity index (χ0n) is 18.3. The van der Waals surface area contributed by atoms with E-state index in [0.29, 0.717) is 35.6 Å². The maximum absolute atomic E-state index is 13.6. The van der Waals surface area contributed by atoms with E-state index in [-0.39, 0.29) is 17.5 Å². The van der Waals surface area contributed by atoms with Gasteiger partial charge in [0.2, 0.25) is 5.43 Å². The van der Waals surface area contributed by atoms with Gasteiger partial charge in [0.1, 0.15) is 17.0 Å². The summed E-state index contributed by atoms with van der Waals surface area (Å²) in [5.74, 6) is 0.320. The van der Waals surface area contributed by atoms with Crippen LogP contribution in [0, 0.1) is 0 Å². The molecular formula is C25H22N6O3. The summed E-state index contributed by atoms with van der Waals surface area (Å²) in [5.41, 5.74) is 2.99. The third-order valence-electron chi connectivity index (χ3n) is 6.12. The maximum atomic E-state index is 13.6. The lowest BCUT2D eigenvalue weighted by molar-refractivity contribution is 0.0950. The first kappa shape index (κ1) is 20.4. The Labute approximate surface area is 194 Å². The molecule has 5 aromatic rings. The number of pyridine rings is 3. The average molecular weight is 454 g/mol. The van der Waals surface area contributed by atoms with E-state index in [4.69, 9.17) is 9.72 Å². The number of benzene rings is 1. The fraction of sp³-hybridized carbons (Fsp3) is 0.200. The van der Waals surface area contributed by atoms with E-state index < -0.39 is 5.91 Å². The number of fused-ring (bicyclic) bond motifs is 5. The van der Waals surface area contributed by atoms with E-state index >= 15 is 0 Å². The lowest BCUT2D eigenvalue weighted by atomic mass is 10.1. The molecule has 5 heterocycles. The van der Waals surface area contributed by atoms with Gasteiger partial charge >= 0.3 is 0 Å². The van der Waals surface area contributed by atoms with Crippen LogP contribution in [0.5, 0.6) is 0 Å². The molecule has 0 spiro atoms. The van der Waals surface area contributed by atoms with E-state index in [1.807, 2.05) is 52.9 Å². The zero-order chi connectivity index (χ0) is 23.1. The SMILES string of the molecule is O=C(NCc1ccccn1)c1c(=O)c2ccc(N3CCOCC3)nc2n2c1[nH]c1ccccc12. The fourth-order valence-electron chi connectivity index (χ4n) is 4.44. The molecule has 1 saturated heterocycles. The Balaban J connectivity index is 1.54. The van der Waals surface area contributed by atoms with E-state index in [0.717, 1.165) is 29.9 Å². The first-order valence-electron chi connectivity index (χ1n) is 11.2. The second-order valence-corrected chi connectivity index (χ2v) is 8.17. The molecule has 1 amide bonds. The molecule has 2 N–H and O–H groups in total. The molecule has 170 valence electrons. The molecule has 0 radical (unpaired) electrons. The largest absolute Gasteiger partial charge is 0.378 e. The van der Waals surface area contributed by atoms with Crippen molar-refractivity contribution in [2.45, 2.75) is 6.54 Å². The first-order chi connectivity index (χ1) is 16.7. The molecule has 0 aliphatic carbocycles. The molecule has 9 nitrogen and oxygen atoms in total. The molecule has 1 aliphatic rings. The van der Waals surface area contributed by atoms with Gasteiger partial charge in [-0.15, -0.1) is 0 Å². The van der Waals surface area contributed by atoms with Crippen LogP contribution in [0.1, 0.15) is 16.1 Å². The summed E-state index contributed by atoms with van der Waals surface area (Å²) in [4.78, 5) is 41.4. The van der Waals surface area contributed by atoms with Gasteiger partial charge in [-0.3, -0.25) is 19.0 Å². The molecule has 1 aromatic carbocycles. The number of hydrogen-bond acceptors (Lipinski definition) is 6. The van der Waals surface area contributed by atoms with Crippen LogP contribution in [-0.2, 0) is 11.3 Å². The second-order valence-electron chi connectivity index (χ2n) is 8.17. The Hall–Kier alpha value is -4.24. The van der Waals surface area contributed by atoms with Crippen molar-refractivity contribution in [3.63, 3.8) is 0 Å². The number of morpholine rings is 1. The van der Waals surface area contributed by atoms with Crippen molar-refractivity contribution in [2.24, 2.45) is 0 Å². The molecule has 9 heteroatoms. The van der Waals surface area contributed by atoms with Gasteiger partial charge in [-0.05, 0) is 36.4 Å². The summed E-state index contributed by atoms with van der Waals surface area (Å²) in [6, 6.07) is 16.8. The summed E-state index contributed by atoms with van der Waals surface area (Å²) >= 11 is 0. The highest BCUT2D eigenvalue weighted by atomic mass is 16.5. The lowest BCUT2D eigenvalue weighted by Crippen LogP contribution is -2.37. The Morgan fingerprint density at radius 1 is 1.06 bits per heavy atom. The number of nitrogens with zero attached hydrogens (tertiary/aromatic N) is 4. The highest BCUT2D eigenvalue weighted by Gasteiger charge is 2.23. The molecule has 0 bridgehead atoms. The standard InChI is InChI=1S/C25H22N6O3/c32-22-17-8-9-20(30-11-13-34-14-12-30)29-23(17)31-19-7-2-1-6-18(19)28-24(31)21(22)25(33)27-15-16-5-3-4-10-26-16/h1-10,28H,11-15H2,(H,27,33). The molecule has 0 unspecified atom stereocenters. The van der Waals surface area contributed by atoms with Gasteiger partial charge < -0.3 is 19.9 Å². The monoisotopic (exact) mass is 454 g/mol. The van der Waals surface area contributed by atoms with Crippen LogP contribution in [0.4, 0.5) is 5.82 Å². The number of ether oxygens (including phenoxy) is 1. The van der Waals surface area contributed by atoms with Gasteiger partial charge in [0.25, 0.3) is 5.91 Å². The fourth-order valence-corrected chi connectivity index (χ4v) is 4.44. The number of carbonyl (C=O) groups excluding carboxylic acids is 1. The number of H-pyrrole nitrogens is 1. The Bertz CT molecular complexity index is 1590. The summed E-state index contributed by atoms with van der Waals surface area (Å²) in [7, 11) is 0. The number of amides is 1. The normalized spacial score (nSPS) is 14.2. The van der Waals surface area contributed by atoms with Gasteiger partial charge in [0.05, 0.1) is 41.9 Å². The minimum atomic E-state index is -0.459. The Kier molecular flexibility index (Phi) is 4.96. The number of carbonyl (C=O) groups is 1. The minimum Gasteiger partial charge on any atom is -0.378 e. The smallest absolute Gasteiger partial charge is 0.259 e. The molecule has 0 saturated carbocycles. The highest BCUT2D eigenvalue weighted by molar-refractivity contribution is 6.05. The molecule has 34 heavy (non-hydrogen) atoms. The topological polar surface area (TPSA) is 105 Å². The first-order valence-corrected chi connectivity index (χ1v) is 11.2. The third kappa shape index (κ3) is 3.37. The predicted octanol–water partition coefficient (Wildman–Crippen LogP) is 2.49. The van der Waals surface area contributed by atoms with Crippen LogP contribution in [0.3, 0.4) is 0 Å². The van der Waals surface area contributed by atoms with Crippen LogP contribution >= 0.6 is 0 Å². The van der Waals surface area contributed by atoms with Crippen molar-refractivity contribution in [3.8, 4) is 0 Å². The number of aromatic amines is 1. The number of aromatic nitrogens is 4. The Morgan fingerprint density at radius 3 is 2.71 bits per heavy atom. The molecule has 4 aromatic heterocycles. The molecule has 0 atom stereocenters. The van der Waals surface area contributed by atoms with Crippen molar-refractivity contribution in [3.05, 3.63) is 82.3 Å². The third-order valence-corrected chi connectivity index (χ3v) is 6.12. The van der Waals surface area contributed by atoms with Crippen molar-refractivity contribution < 1.29 is 9.53 Å². The van der Waals surface area contributed by atoms with Gasteiger partial charge in [-0.2, -0.15) is 0 Å². The number of nitrogens with one attached hydrogen (secondary N) is 2. The number of hydrogen-bond donors (Lipinski definition) is 2. The predicted molar refractivity (Wildman–Crippen MR) is 129 cm³/mol. The minimum absolute atomic E-state index is 0.0561. The molecular weight excluding hydrogens is 432 g/mol. The summed E-state index contributed by atoms with van der Waals surface area (Å²) < 4.78 is 7.33. The van der Waals surface area contributed by atoms with Gasteiger partial charge in [-0.1, -0.05) is 18.2 Å². The zero-order valence-corrected chi connectivity index (χ0v) is 18.3. The van der Waals surface area contributed by atoms with Crippen molar-refractivity contribution in [2.75, 3.05) is 31.2 Å². The van der Waals surface area contributed by atoms with Crippen molar-refractivity contribution >= 4 is 39.4 Å². The van der Waals surface area contributed by atoms with Crippen LogP contribution < -0.4 is 15.6 Å². The van der Waals surface area contributed by atoms with Crippen LogP contribution in [0.2, 0.25) is 0 Å². The number of imidazole rings is 1. The summed E-state index contributed by atoms with van der Waals surface area (Å²) in [6.45, 7) is 2.96. The summed E-state index contributed by atoms with van der Waals surface area (Å²) in [6.07, 6.45) is 1.67. The number of anilines is 1. The van der Waals surface area contributed by atoms with E-state index in [1.54, 1.807) is 12.3 Å². The van der Waals surface area contributed by atoms with Gasteiger partial charge in [-0.25, -0.2) is 4.98 Å². The van der Waals surface area contributed by atoms with Gasteiger partial charge in [0, 0.05) is 19.3 Å². The van der Waals surface area contributed by atoms with E-state index in [1.165, 1.54) is 0 Å². The lowest BCUT2D eigenvalue weighted by Gasteiger charge is -2.27. The summed E-state index contributed by atoms with van der Waals surface area (Å²) in [5, 5.41) is 3.23. The van der Waals surface area contributed by atoms with Crippen molar-refractivity contribution in [1.82, 2.24) is 24.7 Å². The Morgan fingerprint density at radius 2 is 1.88 bits per heavy atom. The molecule has 1 fully saturated rings. The number of rotatable bonds is 4. The van der Waals surface area contributed by atoms with Crippen molar-refractivity contribution in [1.29, 1.82) is 0 Å². The number of para-hydroxylation sites is 2. The van der Waals surface area contributed by atoms with Crippen LogP contribution in [0.15, 0.2) is 65.6 Å². The second kappa shape index (κ2) is 8.27. The molecule has 6 rings (SSSR count). The molecule has 1 aliphatic heterocycles. The van der Waals surface area contributed by atoms with E-state index in [2.05, 4.69) is 20.2 Å². The quantitative estimate of drug-likeness (QED) is 0.432. The van der Waals surface area contributed by atoms with E-state index in [9.17, 15) is 9.59 Å². The maximum Gasteiger partial charge on any atom is 0.259 e. The average Bonchev–Trinajstić information content (AvgIpc) is 3.27. The van der Waals surface area contributed by atoms with Gasteiger partial charge in [0.15, 0.2) is 5.65 Å².